The van der Waals surface area contributed by atoms with E-state index in [1.807, 2.05) is 13.0 Å². The summed E-state index contributed by atoms with van der Waals surface area (Å²) in [6.07, 6.45) is 1.50. The standard InChI is InChI=1S/C16H15ClN2O3/c1-11-4-2-5-12(10-11)16(21)22-9-8-19-15(20)13-6-3-7-18-14(13)17/h2-7,10H,8-9H2,1H3,(H,19,20). The Morgan fingerprint density at radius 2 is 2.09 bits per heavy atom. The number of ether oxygens (including phenoxy) is 1. The molecule has 0 fully saturated rings. The minimum atomic E-state index is -0.419. The smallest absolute Gasteiger partial charge is 0.338 e. The van der Waals surface area contributed by atoms with Gasteiger partial charge in [-0.1, -0.05) is 29.3 Å². The molecule has 2 aromatic rings. The highest BCUT2D eigenvalue weighted by Crippen LogP contribution is 2.10. The molecule has 1 heterocycles. The van der Waals surface area contributed by atoms with Crippen LogP contribution in [0.25, 0.3) is 0 Å². The van der Waals surface area contributed by atoms with Crippen molar-refractivity contribution < 1.29 is 14.3 Å². The summed E-state index contributed by atoms with van der Waals surface area (Å²) in [5, 5.41) is 2.75. The quantitative estimate of drug-likeness (QED) is 0.523. The van der Waals surface area contributed by atoms with Gasteiger partial charge in [0.2, 0.25) is 0 Å². The van der Waals surface area contributed by atoms with Gasteiger partial charge in [-0.15, -0.1) is 0 Å². The predicted octanol–water partition coefficient (Wildman–Crippen LogP) is 2.63. The molecule has 2 rings (SSSR count). The van der Waals surface area contributed by atoms with Crippen molar-refractivity contribution in [3.63, 3.8) is 0 Å². The molecule has 0 unspecified atom stereocenters. The van der Waals surface area contributed by atoms with E-state index in [0.717, 1.165) is 5.56 Å². The van der Waals surface area contributed by atoms with Gasteiger partial charge in [0.15, 0.2) is 0 Å². The number of hydrogen-bond donors (Lipinski definition) is 1. The first-order chi connectivity index (χ1) is 10.6. The number of amides is 1. The minimum Gasteiger partial charge on any atom is -0.460 e. The lowest BCUT2D eigenvalue weighted by Crippen LogP contribution is -2.28. The Morgan fingerprint density at radius 1 is 1.27 bits per heavy atom. The summed E-state index contributed by atoms with van der Waals surface area (Å²) in [6, 6.07) is 10.3. The van der Waals surface area contributed by atoms with E-state index in [1.165, 1.54) is 6.20 Å². The summed E-state index contributed by atoms with van der Waals surface area (Å²) in [5.41, 5.74) is 1.75. The molecule has 0 spiro atoms. The number of carbonyl (C=O) groups is 2. The summed E-state index contributed by atoms with van der Waals surface area (Å²) in [6.45, 7) is 2.17. The molecule has 6 heteroatoms. The van der Waals surface area contributed by atoms with E-state index in [9.17, 15) is 9.59 Å². The number of aryl methyl sites for hydroxylation is 1. The number of nitrogens with zero attached hydrogens (tertiary/aromatic N) is 1. The second kappa shape index (κ2) is 7.56. The molecule has 0 saturated heterocycles. The Morgan fingerprint density at radius 3 is 2.82 bits per heavy atom. The van der Waals surface area contributed by atoms with Crippen LogP contribution in [0, 0.1) is 6.92 Å². The first kappa shape index (κ1) is 16.0. The molecule has 1 amide bonds. The molecule has 0 radical (unpaired) electrons. The Bertz CT molecular complexity index is 689. The van der Waals surface area contributed by atoms with Crippen molar-refractivity contribution in [2.24, 2.45) is 0 Å². The van der Waals surface area contributed by atoms with Crippen molar-refractivity contribution in [3.05, 3.63) is 64.4 Å². The lowest BCUT2D eigenvalue weighted by atomic mass is 10.1. The number of benzene rings is 1. The first-order valence-corrected chi connectivity index (χ1v) is 7.08. The molecule has 5 nitrogen and oxygen atoms in total. The lowest BCUT2D eigenvalue weighted by Gasteiger charge is -2.07. The molecule has 0 aliphatic rings. The minimum absolute atomic E-state index is 0.0798. The molecule has 114 valence electrons. The number of nitrogens with one attached hydrogen (secondary N) is 1. The van der Waals surface area contributed by atoms with Crippen LogP contribution in [0.3, 0.4) is 0 Å². The normalized spacial score (nSPS) is 10.1. The van der Waals surface area contributed by atoms with Crippen LogP contribution in [-0.2, 0) is 4.74 Å². The number of hydrogen-bond acceptors (Lipinski definition) is 4. The van der Waals surface area contributed by atoms with Crippen LogP contribution in [-0.4, -0.2) is 30.0 Å². The molecule has 1 aromatic heterocycles. The van der Waals surface area contributed by atoms with Crippen molar-refractivity contribution in [2.75, 3.05) is 13.2 Å². The number of rotatable bonds is 5. The number of halogens is 1. The molecule has 1 aromatic carbocycles. The van der Waals surface area contributed by atoms with Crippen molar-refractivity contribution >= 4 is 23.5 Å². The van der Waals surface area contributed by atoms with Crippen molar-refractivity contribution in [1.82, 2.24) is 10.3 Å². The highest BCUT2D eigenvalue weighted by atomic mass is 35.5. The van der Waals surface area contributed by atoms with E-state index in [0.29, 0.717) is 5.56 Å². The van der Waals surface area contributed by atoms with Gasteiger partial charge >= 0.3 is 5.97 Å². The third kappa shape index (κ3) is 4.30. The van der Waals surface area contributed by atoms with Gasteiger partial charge in [0.25, 0.3) is 5.91 Å². The van der Waals surface area contributed by atoms with Crippen LogP contribution in [0.4, 0.5) is 0 Å². The fraction of sp³-hybridized carbons (Fsp3) is 0.188. The van der Waals surface area contributed by atoms with Crippen LogP contribution in [0.2, 0.25) is 5.15 Å². The van der Waals surface area contributed by atoms with Crippen molar-refractivity contribution in [1.29, 1.82) is 0 Å². The van der Waals surface area contributed by atoms with Crippen LogP contribution in [0.1, 0.15) is 26.3 Å². The third-order valence-corrected chi connectivity index (χ3v) is 3.18. The van der Waals surface area contributed by atoms with Gasteiger partial charge in [-0.05, 0) is 31.2 Å². The summed E-state index contributed by atoms with van der Waals surface area (Å²) in [4.78, 5) is 27.5. The van der Waals surface area contributed by atoms with Gasteiger partial charge in [-0.3, -0.25) is 4.79 Å². The van der Waals surface area contributed by atoms with Gasteiger partial charge < -0.3 is 10.1 Å². The van der Waals surface area contributed by atoms with E-state index in [1.54, 1.807) is 30.3 Å². The highest BCUT2D eigenvalue weighted by molar-refractivity contribution is 6.32. The summed E-state index contributed by atoms with van der Waals surface area (Å²) < 4.78 is 5.10. The van der Waals surface area contributed by atoms with Crippen LogP contribution >= 0.6 is 11.6 Å². The third-order valence-electron chi connectivity index (χ3n) is 2.88. The molecule has 0 saturated carbocycles. The van der Waals surface area contributed by atoms with Crippen LogP contribution in [0.5, 0.6) is 0 Å². The molecular weight excluding hydrogens is 304 g/mol. The maximum absolute atomic E-state index is 11.8. The molecule has 22 heavy (non-hydrogen) atoms. The first-order valence-electron chi connectivity index (χ1n) is 6.70. The molecular formula is C16H15ClN2O3. The number of esters is 1. The van der Waals surface area contributed by atoms with Gasteiger partial charge in [-0.2, -0.15) is 0 Å². The molecule has 0 atom stereocenters. The maximum atomic E-state index is 11.8. The second-order valence-corrected chi connectivity index (χ2v) is 4.96. The maximum Gasteiger partial charge on any atom is 0.338 e. The van der Waals surface area contributed by atoms with Gasteiger partial charge in [0.05, 0.1) is 17.7 Å². The Kier molecular flexibility index (Phi) is 5.49. The fourth-order valence-electron chi connectivity index (χ4n) is 1.81. The van der Waals surface area contributed by atoms with Gasteiger partial charge in [-0.25, -0.2) is 9.78 Å². The van der Waals surface area contributed by atoms with E-state index in [4.69, 9.17) is 16.3 Å². The largest absolute Gasteiger partial charge is 0.460 e. The lowest BCUT2D eigenvalue weighted by molar-refractivity contribution is 0.0503. The monoisotopic (exact) mass is 318 g/mol. The topological polar surface area (TPSA) is 68.3 Å². The van der Waals surface area contributed by atoms with Crippen molar-refractivity contribution in [2.45, 2.75) is 6.92 Å². The summed E-state index contributed by atoms with van der Waals surface area (Å²) in [7, 11) is 0. The molecule has 1 N–H and O–H groups in total. The fourth-order valence-corrected chi connectivity index (χ4v) is 2.02. The SMILES string of the molecule is Cc1cccc(C(=O)OCCNC(=O)c2cccnc2Cl)c1. The van der Waals surface area contributed by atoms with E-state index < -0.39 is 5.97 Å². The highest BCUT2D eigenvalue weighted by Gasteiger charge is 2.11. The van der Waals surface area contributed by atoms with E-state index in [2.05, 4.69) is 10.3 Å². The number of pyridine rings is 1. The Hall–Kier alpha value is -2.40. The zero-order valence-corrected chi connectivity index (χ0v) is 12.8. The zero-order chi connectivity index (χ0) is 15.9. The predicted molar refractivity (Wildman–Crippen MR) is 83.0 cm³/mol. The molecule has 0 aliphatic heterocycles. The van der Waals surface area contributed by atoms with E-state index in [-0.39, 0.29) is 29.8 Å². The summed E-state index contributed by atoms with van der Waals surface area (Å²) >= 11 is 5.82. The molecule has 0 aliphatic carbocycles. The second-order valence-electron chi connectivity index (χ2n) is 4.60. The molecule has 0 bridgehead atoms. The zero-order valence-electron chi connectivity index (χ0n) is 12.0. The Balaban J connectivity index is 1.79. The average molecular weight is 319 g/mol. The van der Waals surface area contributed by atoms with Gasteiger partial charge in [0.1, 0.15) is 11.8 Å². The van der Waals surface area contributed by atoms with Gasteiger partial charge in [0, 0.05) is 6.20 Å². The van der Waals surface area contributed by atoms with Crippen LogP contribution in [0.15, 0.2) is 42.6 Å². The van der Waals surface area contributed by atoms with Crippen LogP contribution < -0.4 is 5.32 Å². The van der Waals surface area contributed by atoms with Crippen molar-refractivity contribution in [3.8, 4) is 0 Å². The summed E-state index contributed by atoms with van der Waals surface area (Å²) in [5.74, 6) is -0.776. The Labute approximate surface area is 133 Å². The number of carbonyl (C=O) groups excluding carboxylic acids is 2. The average Bonchev–Trinajstić information content (AvgIpc) is 2.51. The van der Waals surface area contributed by atoms with E-state index >= 15 is 0 Å². The number of aromatic nitrogens is 1.